The van der Waals surface area contributed by atoms with Crippen LogP contribution in [0.3, 0.4) is 0 Å². The number of hydrogen-bond acceptors (Lipinski definition) is 4. The van der Waals surface area contributed by atoms with Gasteiger partial charge in [-0.25, -0.2) is 4.68 Å². The van der Waals surface area contributed by atoms with Crippen molar-refractivity contribution in [3.63, 3.8) is 0 Å². The van der Waals surface area contributed by atoms with Crippen molar-refractivity contribution in [3.05, 3.63) is 48.2 Å². The Balaban J connectivity index is 1.80. The van der Waals surface area contributed by atoms with Gasteiger partial charge >= 0.3 is 0 Å². The second-order valence-corrected chi connectivity index (χ2v) is 5.99. The van der Waals surface area contributed by atoms with Gasteiger partial charge in [0, 0.05) is 18.0 Å². The Morgan fingerprint density at radius 1 is 1.12 bits per heavy atom. The molecule has 0 bridgehead atoms. The predicted molar refractivity (Wildman–Crippen MR) is 94.1 cm³/mol. The van der Waals surface area contributed by atoms with Gasteiger partial charge in [0.2, 0.25) is 0 Å². The molecule has 126 valence electrons. The average molecular weight is 324 g/mol. The summed E-state index contributed by atoms with van der Waals surface area (Å²) in [6.45, 7) is 4.38. The van der Waals surface area contributed by atoms with Gasteiger partial charge in [-0.3, -0.25) is 4.98 Å². The van der Waals surface area contributed by atoms with Crippen molar-refractivity contribution in [1.29, 1.82) is 0 Å². The van der Waals surface area contributed by atoms with Crippen molar-refractivity contribution in [2.75, 3.05) is 0 Å². The molecule has 0 unspecified atom stereocenters. The third-order valence-electron chi connectivity index (χ3n) is 4.25. The van der Waals surface area contributed by atoms with Gasteiger partial charge in [0.1, 0.15) is 0 Å². The lowest BCUT2D eigenvalue weighted by atomic mass is 10.0. The van der Waals surface area contributed by atoms with Gasteiger partial charge in [0.15, 0.2) is 5.76 Å². The number of hydrogen-bond donors (Lipinski definition) is 0. The third kappa shape index (κ3) is 3.55. The second kappa shape index (κ2) is 7.90. The summed E-state index contributed by atoms with van der Waals surface area (Å²) in [5.74, 6) is 0.845. The summed E-state index contributed by atoms with van der Waals surface area (Å²) in [6, 6.07) is 3.88. The van der Waals surface area contributed by atoms with Crippen molar-refractivity contribution in [1.82, 2.24) is 19.9 Å². The largest absolute Gasteiger partial charge is 0.356 e. The van der Waals surface area contributed by atoms with Crippen LogP contribution in [0.5, 0.6) is 0 Å². The van der Waals surface area contributed by atoms with E-state index in [1.165, 1.54) is 31.2 Å². The summed E-state index contributed by atoms with van der Waals surface area (Å²) in [4.78, 5) is 4.13. The Kier molecular flexibility index (Phi) is 5.41. The number of aromatic nitrogens is 4. The molecule has 0 N–H and O–H groups in total. The molecule has 5 heteroatoms. The minimum atomic E-state index is 0.845. The van der Waals surface area contributed by atoms with Crippen molar-refractivity contribution in [2.45, 2.75) is 52.4 Å². The molecule has 24 heavy (non-hydrogen) atoms. The summed E-state index contributed by atoms with van der Waals surface area (Å²) < 4.78 is 7.47. The Morgan fingerprint density at radius 3 is 2.79 bits per heavy atom. The molecule has 3 aromatic heterocycles. The molecule has 0 radical (unpaired) electrons. The molecule has 0 spiro atoms. The Bertz CT molecular complexity index is 761. The Hall–Kier alpha value is -2.43. The number of aryl methyl sites for hydroxylation is 1. The van der Waals surface area contributed by atoms with Crippen molar-refractivity contribution >= 4 is 0 Å². The van der Waals surface area contributed by atoms with Gasteiger partial charge in [-0.2, -0.15) is 5.10 Å². The van der Waals surface area contributed by atoms with E-state index in [9.17, 15) is 0 Å². The molecule has 0 amide bonds. The second-order valence-electron chi connectivity index (χ2n) is 5.99. The van der Waals surface area contributed by atoms with E-state index in [2.05, 4.69) is 29.1 Å². The first-order valence-electron chi connectivity index (χ1n) is 8.76. The van der Waals surface area contributed by atoms with Crippen LogP contribution >= 0.6 is 0 Å². The fraction of sp³-hybridized carbons (Fsp3) is 0.421. The zero-order chi connectivity index (χ0) is 16.8. The maximum Gasteiger partial charge on any atom is 0.173 e. The summed E-state index contributed by atoms with van der Waals surface area (Å²) >= 11 is 0. The molecule has 0 saturated heterocycles. The number of nitrogens with zero attached hydrogens (tertiary/aromatic N) is 4. The maximum absolute atomic E-state index is 5.66. The van der Waals surface area contributed by atoms with Crippen LogP contribution in [0.25, 0.3) is 17.0 Å². The molecule has 0 aliphatic carbocycles. The lowest BCUT2D eigenvalue weighted by Crippen LogP contribution is -1.94. The van der Waals surface area contributed by atoms with E-state index in [1.807, 2.05) is 29.2 Å². The van der Waals surface area contributed by atoms with E-state index < -0.39 is 0 Å². The predicted octanol–water partition coefficient (Wildman–Crippen LogP) is 4.61. The van der Waals surface area contributed by atoms with Crippen LogP contribution in [0, 0.1) is 0 Å². The minimum Gasteiger partial charge on any atom is -0.356 e. The SMILES string of the molecule is CCCCCCc1noc(-c2cnn(-c3cccnc3)c2)c1CC. The Labute approximate surface area is 142 Å². The lowest BCUT2D eigenvalue weighted by Gasteiger charge is -2.00. The van der Waals surface area contributed by atoms with Gasteiger partial charge in [-0.1, -0.05) is 38.3 Å². The van der Waals surface area contributed by atoms with Gasteiger partial charge in [0.25, 0.3) is 0 Å². The number of rotatable bonds is 8. The van der Waals surface area contributed by atoms with E-state index in [-0.39, 0.29) is 0 Å². The van der Waals surface area contributed by atoms with Crippen molar-refractivity contribution in [2.24, 2.45) is 0 Å². The van der Waals surface area contributed by atoms with Gasteiger partial charge < -0.3 is 4.52 Å². The first-order chi connectivity index (χ1) is 11.8. The van der Waals surface area contributed by atoms with E-state index >= 15 is 0 Å². The van der Waals surface area contributed by atoms with Crippen LogP contribution < -0.4 is 0 Å². The molecular weight excluding hydrogens is 300 g/mol. The molecule has 0 atom stereocenters. The van der Waals surface area contributed by atoms with Crippen molar-refractivity contribution < 1.29 is 4.52 Å². The molecule has 0 aliphatic rings. The lowest BCUT2D eigenvalue weighted by molar-refractivity contribution is 0.421. The van der Waals surface area contributed by atoms with Gasteiger partial charge in [-0.05, 0) is 31.4 Å². The highest BCUT2D eigenvalue weighted by Crippen LogP contribution is 2.28. The zero-order valence-corrected chi connectivity index (χ0v) is 14.4. The van der Waals surface area contributed by atoms with Crippen LogP contribution in [0.15, 0.2) is 41.4 Å². The standard InChI is InChI=1S/C19H24N4O/c1-3-5-6-7-10-18-17(4-2)19(24-22-18)15-12-21-23(14-15)16-9-8-11-20-13-16/h8-9,11-14H,3-7,10H2,1-2H3. The normalized spacial score (nSPS) is 11.1. The number of unbranched alkanes of at least 4 members (excludes halogenated alkanes) is 3. The highest BCUT2D eigenvalue weighted by molar-refractivity contribution is 5.61. The third-order valence-corrected chi connectivity index (χ3v) is 4.25. The molecule has 3 aromatic rings. The van der Waals surface area contributed by atoms with Crippen LogP contribution in [0.4, 0.5) is 0 Å². The van der Waals surface area contributed by atoms with Crippen molar-refractivity contribution in [3.8, 4) is 17.0 Å². The fourth-order valence-corrected chi connectivity index (χ4v) is 2.92. The summed E-state index contributed by atoms with van der Waals surface area (Å²) in [6.07, 6.45) is 14.2. The molecule has 0 saturated carbocycles. The van der Waals surface area contributed by atoms with Gasteiger partial charge in [-0.15, -0.1) is 0 Å². The average Bonchev–Trinajstić information content (AvgIpc) is 3.26. The molecule has 5 nitrogen and oxygen atoms in total. The molecule has 0 fully saturated rings. The maximum atomic E-state index is 5.66. The molecule has 0 aromatic carbocycles. The van der Waals surface area contributed by atoms with Gasteiger partial charge in [0.05, 0.1) is 29.3 Å². The van der Waals surface area contributed by atoms with E-state index in [0.717, 1.165) is 35.5 Å². The smallest absolute Gasteiger partial charge is 0.173 e. The topological polar surface area (TPSA) is 56.7 Å². The highest BCUT2D eigenvalue weighted by Gasteiger charge is 2.17. The number of pyridine rings is 1. The summed E-state index contributed by atoms with van der Waals surface area (Å²) in [5.41, 5.74) is 4.19. The molecule has 3 rings (SSSR count). The van der Waals surface area contributed by atoms with E-state index in [1.54, 1.807) is 12.4 Å². The first kappa shape index (κ1) is 16.4. The molecule has 3 heterocycles. The molecular formula is C19H24N4O. The van der Waals surface area contributed by atoms with Crippen LogP contribution in [0.1, 0.15) is 50.8 Å². The quantitative estimate of drug-likeness (QED) is 0.568. The first-order valence-corrected chi connectivity index (χ1v) is 8.76. The highest BCUT2D eigenvalue weighted by atomic mass is 16.5. The summed E-state index contributed by atoms with van der Waals surface area (Å²) in [5, 5.41) is 8.74. The Morgan fingerprint density at radius 2 is 2.04 bits per heavy atom. The zero-order valence-electron chi connectivity index (χ0n) is 14.4. The van der Waals surface area contributed by atoms with E-state index in [4.69, 9.17) is 4.52 Å². The van der Waals surface area contributed by atoms with Crippen LogP contribution in [0.2, 0.25) is 0 Å². The van der Waals surface area contributed by atoms with Crippen LogP contribution in [-0.2, 0) is 12.8 Å². The van der Waals surface area contributed by atoms with Crippen LogP contribution in [-0.4, -0.2) is 19.9 Å². The monoisotopic (exact) mass is 324 g/mol. The summed E-state index contributed by atoms with van der Waals surface area (Å²) in [7, 11) is 0. The van der Waals surface area contributed by atoms with E-state index in [0.29, 0.717) is 0 Å². The minimum absolute atomic E-state index is 0.845. The molecule has 0 aliphatic heterocycles. The fourth-order valence-electron chi connectivity index (χ4n) is 2.92.